The molecule has 0 amide bonds. The molecule has 1 fully saturated rings. The molecule has 5 aromatic carbocycles. The van der Waals surface area contributed by atoms with Crippen LogP contribution in [0, 0.1) is 0 Å². The second-order valence-electron chi connectivity index (χ2n) is 13.2. The van der Waals surface area contributed by atoms with Gasteiger partial charge < -0.3 is 28.4 Å². The molecule has 0 aromatic heterocycles. The van der Waals surface area contributed by atoms with E-state index >= 15 is 0 Å². The van der Waals surface area contributed by atoms with Gasteiger partial charge >= 0.3 is 18.3 Å². The number of esters is 1. The van der Waals surface area contributed by atoms with Gasteiger partial charge in [-0.2, -0.15) is 0 Å². The van der Waals surface area contributed by atoms with E-state index in [1.807, 2.05) is 79.7 Å². The highest BCUT2D eigenvalue weighted by atomic mass is 32.2. The molecule has 274 valence electrons. The van der Waals surface area contributed by atoms with E-state index in [-0.39, 0.29) is 31.7 Å². The van der Waals surface area contributed by atoms with Gasteiger partial charge in [0.2, 0.25) is 0 Å². The molecule has 1 aliphatic heterocycles. The van der Waals surface area contributed by atoms with Crippen LogP contribution in [0.3, 0.4) is 0 Å². The third-order valence-corrected chi connectivity index (χ3v) is 11.2. The average molecular weight is 743 g/mol. The summed E-state index contributed by atoms with van der Waals surface area (Å²) < 4.78 is 35.2. The van der Waals surface area contributed by atoms with Crippen LogP contribution >= 0.6 is 11.8 Å². The number of rotatable bonds is 11. The minimum Gasteiger partial charge on any atom is -0.451 e. The summed E-state index contributed by atoms with van der Waals surface area (Å²) >= 11 is 1.38. The lowest BCUT2D eigenvalue weighted by atomic mass is 9.98. The monoisotopic (exact) mass is 742 g/mol. The highest BCUT2D eigenvalue weighted by Crippen LogP contribution is 2.46. The molecule has 1 heterocycles. The Morgan fingerprint density at radius 3 is 1.48 bits per heavy atom. The summed E-state index contributed by atoms with van der Waals surface area (Å²) in [4.78, 5) is 39.9. The standard InChI is InChI=1S/C44H38O9S/c1-2-54-42-40(52-41(45)27-14-4-3-5-15-27)39(53-44(47)49-25-37-34-22-12-8-18-30(34)31-19-9-13-23-35(31)37)38(51-42)26-50-43(46)48-24-36-32-20-10-6-16-28(32)29-17-7-11-21-33(29)36/h3-23,36-40,42H,2,24-26H2,1H3/t38-,39-,40+,42-/m1/s1. The van der Waals surface area contributed by atoms with E-state index in [0.717, 1.165) is 44.5 Å². The van der Waals surface area contributed by atoms with E-state index in [1.165, 1.54) is 11.8 Å². The van der Waals surface area contributed by atoms with Crippen molar-refractivity contribution in [2.24, 2.45) is 0 Å². The minimum absolute atomic E-state index is 0.0307. The van der Waals surface area contributed by atoms with Crippen molar-refractivity contribution in [3.05, 3.63) is 155 Å². The van der Waals surface area contributed by atoms with Gasteiger partial charge in [-0.1, -0.05) is 122 Å². The van der Waals surface area contributed by atoms with Crippen LogP contribution in [0.2, 0.25) is 0 Å². The first-order chi connectivity index (χ1) is 26.5. The maximum Gasteiger partial charge on any atom is 0.508 e. The fraction of sp³-hybridized carbons (Fsp3) is 0.250. The molecular formula is C44H38O9S. The highest BCUT2D eigenvalue weighted by molar-refractivity contribution is 7.99. The van der Waals surface area contributed by atoms with Gasteiger partial charge in [-0.3, -0.25) is 0 Å². The van der Waals surface area contributed by atoms with E-state index in [4.69, 9.17) is 28.4 Å². The summed E-state index contributed by atoms with van der Waals surface area (Å²) in [6, 6.07) is 40.7. The molecule has 0 saturated carbocycles. The van der Waals surface area contributed by atoms with Crippen molar-refractivity contribution in [3.63, 3.8) is 0 Å². The van der Waals surface area contributed by atoms with Crippen molar-refractivity contribution >= 4 is 30.0 Å². The van der Waals surface area contributed by atoms with Gasteiger partial charge in [0.1, 0.15) is 31.4 Å². The Morgan fingerprint density at radius 1 is 0.537 bits per heavy atom. The van der Waals surface area contributed by atoms with Crippen LogP contribution < -0.4 is 0 Å². The second-order valence-corrected chi connectivity index (χ2v) is 14.6. The fourth-order valence-electron chi connectivity index (χ4n) is 7.68. The van der Waals surface area contributed by atoms with Gasteiger partial charge in [-0.15, -0.1) is 11.8 Å². The first-order valence-corrected chi connectivity index (χ1v) is 19.1. The van der Waals surface area contributed by atoms with Gasteiger partial charge in [0.25, 0.3) is 0 Å². The third kappa shape index (κ3) is 7.07. The van der Waals surface area contributed by atoms with Crippen molar-refractivity contribution < 1.29 is 42.8 Å². The van der Waals surface area contributed by atoms with E-state index in [2.05, 4.69) is 24.3 Å². The van der Waals surface area contributed by atoms with Crippen LogP contribution in [0.15, 0.2) is 127 Å². The lowest BCUT2D eigenvalue weighted by molar-refractivity contribution is -0.0579. The summed E-state index contributed by atoms with van der Waals surface area (Å²) in [6.45, 7) is 1.72. The van der Waals surface area contributed by atoms with Crippen molar-refractivity contribution in [1.82, 2.24) is 0 Å². The van der Waals surface area contributed by atoms with E-state index in [1.54, 1.807) is 30.3 Å². The van der Waals surface area contributed by atoms with Crippen molar-refractivity contribution in [3.8, 4) is 22.3 Å². The molecule has 0 radical (unpaired) electrons. The van der Waals surface area contributed by atoms with Gasteiger partial charge in [-0.25, -0.2) is 14.4 Å². The SMILES string of the molecule is CCS[C@H]1O[C@H](COC(=O)OCC2c3ccccc3-c3ccccc32)[C@@H](OC(=O)OCC2c3ccccc3-c3ccccc32)[C@@H]1OC(=O)c1ccccc1. The molecule has 10 heteroatoms. The predicted octanol–water partition coefficient (Wildman–Crippen LogP) is 8.99. The number of benzene rings is 5. The fourth-order valence-corrected chi connectivity index (χ4v) is 8.63. The molecule has 9 nitrogen and oxygen atoms in total. The molecule has 1 saturated heterocycles. The number of hydrogen-bond donors (Lipinski definition) is 0. The molecule has 0 spiro atoms. The first-order valence-electron chi connectivity index (χ1n) is 18.0. The lowest BCUT2D eigenvalue weighted by Gasteiger charge is -2.24. The van der Waals surface area contributed by atoms with Gasteiger partial charge in [0.05, 0.1) is 5.56 Å². The van der Waals surface area contributed by atoms with Crippen LogP contribution in [0.25, 0.3) is 22.3 Å². The first kappa shape index (κ1) is 35.4. The molecule has 54 heavy (non-hydrogen) atoms. The summed E-state index contributed by atoms with van der Waals surface area (Å²) in [5, 5.41) is 0. The Bertz CT molecular complexity index is 2060. The number of carbonyl (C=O) groups is 3. The Kier molecular flexibility index (Phi) is 10.4. The minimum atomic E-state index is -1.15. The molecule has 8 rings (SSSR count). The number of hydrogen-bond acceptors (Lipinski definition) is 10. The van der Waals surface area contributed by atoms with E-state index in [9.17, 15) is 14.4 Å². The highest BCUT2D eigenvalue weighted by Gasteiger charge is 2.51. The van der Waals surface area contributed by atoms with Crippen LogP contribution in [0.4, 0.5) is 9.59 Å². The summed E-state index contributed by atoms with van der Waals surface area (Å²) in [6.07, 6.45) is -5.02. The summed E-state index contributed by atoms with van der Waals surface area (Å²) in [5.74, 6) is -0.330. The Balaban J connectivity index is 0.967. The largest absolute Gasteiger partial charge is 0.508 e. The van der Waals surface area contributed by atoms with E-state index < -0.39 is 42.0 Å². The predicted molar refractivity (Wildman–Crippen MR) is 203 cm³/mol. The summed E-state index contributed by atoms with van der Waals surface area (Å²) in [5.41, 5.74) is 8.28. The van der Waals surface area contributed by atoms with Crippen LogP contribution in [0.1, 0.15) is 51.4 Å². The molecule has 0 bridgehead atoms. The van der Waals surface area contributed by atoms with Crippen molar-refractivity contribution in [2.45, 2.75) is 42.5 Å². The topological polar surface area (TPSA) is 107 Å². The molecule has 0 N–H and O–H groups in total. The van der Waals surface area contributed by atoms with Gasteiger partial charge in [0, 0.05) is 11.8 Å². The Hall–Kier alpha value is -5.58. The zero-order valence-corrected chi connectivity index (χ0v) is 30.3. The Labute approximate surface area is 317 Å². The Morgan fingerprint density at radius 2 is 0.981 bits per heavy atom. The molecule has 2 aliphatic carbocycles. The zero-order valence-electron chi connectivity index (χ0n) is 29.5. The maximum absolute atomic E-state index is 13.5. The average Bonchev–Trinajstić information content (AvgIpc) is 3.83. The number of carbonyl (C=O) groups excluding carboxylic acids is 3. The number of ether oxygens (including phenoxy) is 6. The molecular weight excluding hydrogens is 705 g/mol. The van der Waals surface area contributed by atoms with Crippen molar-refractivity contribution in [2.75, 3.05) is 25.6 Å². The number of thioether (sulfide) groups is 1. The van der Waals surface area contributed by atoms with Crippen LogP contribution in [-0.4, -0.2) is 67.6 Å². The van der Waals surface area contributed by atoms with Crippen molar-refractivity contribution in [1.29, 1.82) is 0 Å². The second kappa shape index (κ2) is 15.8. The normalized spacial score (nSPS) is 19.6. The van der Waals surface area contributed by atoms with E-state index in [0.29, 0.717) is 11.3 Å². The van der Waals surface area contributed by atoms with Crippen LogP contribution in [0.5, 0.6) is 0 Å². The maximum atomic E-state index is 13.5. The number of fused-ring (bicyclic) bond motifs is 6. The van der Waals surface area contributed by atoms with Gasteiger partial charge in [0.15, 0.2) is 12.2 Å². The molecule has 5 aromatic rings. The molecule has 3 aliphatic rings. The lowest BCUT2D eigenvalue weighted by Crippen LogP contribution is -2.41. The zero-order chi connectivity index (χ0) is 37.0. The third-order valence-electron chi connectivity index (χ3n) is 10.1. The molecule has 4 atom stereocenters. The summed E-state index contributed by atoms with van der Waals surface area (Å²) in [7, 11) is 0. The van der Waals surface area contributed by atoms with Crippen LogP contribution in [-0.2, 0) is 28.4 Å². The quantitative estimate of drug-likeness (QED) is 0.0962. The molecule has 0 unspecified atom stereocenters. The smallest absolute Gasteiger partial charge is 0.451 e. The van der Waals surface area contributed by atoms with Gasteiger partial charge in [-0.05, 0) is 62.4 Å².